The number of amides is 3. The van der Waals surface area contributed by atoms with Crippen LogP contribution in [-0.4, -0.2) is 109 Å². The van der Waals surface area contributed by atoms with Gasteiger partial charge in [-0.3, -0.25) is 38.4 Å². The number of nitrogens with two attached hydrogens (primary N) is 1. The summed E-state index contributed by atoms with van der Waals surface area (Å²) in [5, 5.41) is 8.69. The lowest BCUT2D eigenvalue weighted by molar-refractivity contribution is -0.161. The third kappa shape index (κ3) is 19.7. The van der Waals surface area contributed by atoms with E-state index in [1.54, 1.807) is 41.5 Å². The number of alkyl carbamates (subject to hydrolysis) is 1. The van der Waals surface area contributed by atoms with E-state index in [0.717, 1.165) is 59.1 Å². The Balaban J connectivity index is 0.000000296. The molecule has 0 unspecified atom stereocenters. The van der Waals surface area contributed by atoms with Gasteiger partial charge < -0.3 is 45.4 Å². The van der Waals surface area contributed by atoms with Crippen LogP contribution in [-0.2, 0) is 74.9 Å². The molecule has 0 heterocycles. The van der Waals surface area contributed by atoms with Gasteiger partial charge in [0.1, 0.15) is 23.3 Å². The average Bonchev–Trinajstić information content (AvgIpc) is 3.25. The zero-order chi connectivity index (χ0) is 62.0. The van der Waals surface area contributed by atoms with Gasteiger partial charge in [0, 0.05) is 18.8 Å². The van der Waals surface area contributed by atoms with Crippen LogP contribution < -0.4 is 21.7 Å². The van der Waals surface area contributed by atoms with Crippen LogP contribution in [0.2, 0.25) is 0 Å². The van der Waals surface area contributed by atoms with E-state index in [4.69, 9.17) is 29.4 Å². The number of hydrogen-bond acceptors (Lipinski definition) is 15. The maximum atomic E-state index is 14.3. The monoisotopic (exact) mass is 1170 g/mol. The molecule has 0 radical (unpaired) electrons. The Kier molecular flexibility index (Phi) is 23.7. The number of rotatable bonds is 23. The fourth-order valence-corrected chi connectivity index (χ4v) is 11.3. The van der Waals surface area contributed by atoms with Gasteiger partial charge in [0.25, 0.3) is 0 Å². The molecule has 7 rings (SSSR count). The molecule has 4 atom stereocenters. The molecule has 0 aromatic heterocycles. The Morgan fingerprint density at radius 2 is 0.906 bits per heavy atom. The van der Waals surface area contributed by atoms with E-state index in [-0.39, 0.29) is 62.7 Å². The van der Waals surface area contributed by atoms with E-state index >= 15 is 0 Å². The lowest BCUT2D eigenvalue weighted by Gasteiger charge is -2.37. The van der Waals surface area contributed by atoms with Crippen LogP contribution in [0.15, 0.2) is 109 Å². The third-order valence-electron chi connectivity index (χ3n) is 15.6. The van der Waals surface area contributed by atoms with Crippen molar-refractivity contribution < 1.29 is 66.8 Å². The summed E-state index contributed by atoms with van der Waals surface area (Å²) in [6, 6.07) is 32.7. The highest BCUT2D eigenvalue weighted by molar-refractivity contribution is 5.97. The zero-order valence-electron chi connectivity index (χ0n) is 50.6. The van der Waals surface area contributed by atoms with Crippen molar-refractivity contribution in [1.82, 2.24) is 16.0 Å². The van der Waals surface area contributed by atoms with Crippen molar-refractivity contribution in [2.45, 2.75) is 185 Å². The number of nitrogens with one attached hydrogen (secondary N) is 3. The van der Waals surface area contributed by atoms with Crippen LogP contribution in [0.3, 0.4) is 0 Å². The third-order valence-corrected chi connectivity index (χ3v) is 15.6. The molecule has 0 saturated heterocycles. The van der Waals surface area contributed by atoms with Crippen LogP contribution >= 0.6 is 0 Å². The van der Waals surface area contributed by atoms with Gasteiger partial charge in [-0.25, -0.2) is 4.79 Å². The predicted molar refractivity (Wildman–Crippen MR) is 319 cm³/mol. The fourth-order valence-electron chi connectivity index (χ4n) is 11.3. The molecule has 0 aliphatic heterocycles. The maximum Gasteiger partial charge on any atom is 0.408 e. The molecule has 5 N–H and O–H groups in total. The van der Waals surface area contributed by atoms with E-state index in [1.807, 2.05) is 97.1 Å². The quantitative estimate of drug-likeness (QED) is 0.0398. The van der Waals surface area contributed by atoms with Crippen LogP contribution in [0.1, 0.15) is 160 Å². The molecule has 2 fully saturated rings. The van der Waals surface area contributed by atoms with Crippen molar-refractivity contribution in [3.05, 3.63) is 131 Å². The zero-order valence-corrected chi connectivity index (χ0v) is 50.6. The van der Waals surface area contributed by atoms with Gasteiger partial charge in [0.2, 0.25) is 11.8 Å². The molecule has 4 aromatic carbocycles. The van der Waals surface area contributed by atoms with E-state index < -0.39 is 87.9 Å². The molecule has 3 amide bonds. The molecule has 458 valence electrons. The summed E-state index contributed by atoms with van der Waals surface area (Å²) >= 11 is 0. The SMILES string of the molecule is COC(=O)[C@H](CC(=O)OC(C)(C)C)CC(=O)[C@H](Cc1ccccc1)NC(=O)C1(N)CCCCC1.COC(=O)[C@H](CC(=O)OC(C)(C)C)CC(=O)[C@H](Cc1ccccc1)NC(=O)C1(NC(=O)OCC2c3ccccc3-c3ccccc32)CCCCC1. The number of ketones is 2. The van der Waals surface area contributed by atoms with Gasteiger partial charge in [-0.15, -0.1) is 0 Å². The number of carbonyl (C=O) groups excluding carboxylic acids is 9. The van der Waals surface area contributed by atoms with Crippen molar-refractivity contribution in [2.24, 2.45) is 17.6 Å². The van der Waals surface area contributed by atoms with Crippen molar-refractivity contribution >= 4 is 53.4 Å². The molecule has 18 nitrogen and oxygen atoms in total. The first kappa shape index (κ1) is 66.4. The number of fused-ring (bicyclic) bond motifs is 3. The predicted octanol–water partition coefficient (Wildman–Crippen LogP) is 9.29. The Labute approximate surface area is 499 Å². The molecule has 18 heteroatoms. The molecule has 3 aliphatic rings. The summed E-state index contributed by atoms with van der Waals surface area (Å²) in [6.45, 7) is 10.4. The summed E-state index contributed by atoms with van der Waals surface area (Å²) in [7, 11) is 2.40. The van der Waals surface area contributed by atoms with Crippen LogP contribution in [0.4, 0.5) is 4.79 Å². The highest BCUT2D eigenvalue weighted by Crippen LogP contribution is 2.44. The van der Waals surface area contributed by atoms with E-state index in [9.17, 15) is 43.2 Å². The largest absolute Gasteiger partial charge is 0.469 e. The van der Waals surface area contributed by atoms with Gasteiger partial charge in [-0.2, -0.15) is 0 Å². The van der Waals surface area contributed by atoms with Crippen LogP contribution in [0.25, 0.3) is 11.1 Å². The number of methoxy groups -OCH3 is 2. The van der Waals surface area contributed by atoms with Crippen molar-refractivity contribution in [2.75, 3.05) is 20.8 Å². The number of benzene rings is 4. The molecule has 0 spiro atoms. The smallest absolute Gasteiger partial charge is 0.408 e. The summed E-state index contributed by atoms with van der Waals surface area (Å²) in [5.41, 5.74) is 8.61. The molecular weight excluding hydrogens is 1080 g/mol. The van der Waals surface area contributed by atoms with Gasteiger partial charge >= 0.3 is 30.0 Å². The van der Waals surface area contributed by atoms with Gasteiger partial charge in [0.05, 0.1) is 56.5 Å². The van der Waals surface area contributed by atoms with E-state index in [0.29, 0.717) is 38.5 Å². The minimum absolute atomic E-state index is 0.0965. The highest BCUT2D eigenvalue weighted by atomic mass is 16.6. The maximum absolute atomic E-state index is 14.3. The lowest BCUT2D eigenvalue weighted by Crippen LogP contribution is -2.62. The first-order valence-electron chi connectivity index (χ1n) is 29.6. The van der Waals surface area contributed by atoms with Crippen molar-refractivity contribution in [3.63, 3.8) is 0 Å². The summed E-state index contributed by atoms with van der Waals surface area (Å²) in [4.78, 5) is 118. The number of ether oxygens (including phenoxy) is 5. The fraction of sp³-hybridized carbons (Fsp3) is 0.507. The number of esters is 4. The highest BCUT2D eigenvalue weighted by Gasteiger charge is 2.44. The second-order valence-electron chi connectivity index (χ2n) is 24.6. The summed E-state index contributed by atoms with van der Waals surface area (Å²) in [6.07, 6.45) is 5.38. The second-order valence-corrected chi connectivity index (χ2v) is 24.6. The Hall–Kier alpha value is -7.73. The summed E-state index contributed by atoms with van der Waals surface area (Å²) < 4.78 is 26.3. The minimum atomic E-state index is -1.30. The Morgan fingerprint density at radius 1 is 0.518 bits per heavy atom. The summed E-state index contributed by atoms with van der Waals surface area (Å²) in [5.74, 6) is -6.55. The molecule has 4 aromatic rings. The second kappa shape index (κ2) is 30.4. The normalized spacial score (nSPS) is 16.5. The standard InChI is InChI=1S/C41H48N2O8.C26H38N2O6/c1-40(2,3)51-36(45)25-28(37(46)49-4)24-35(44)34(23-27-15-7-5-8-16-27)42-38(47)41(21-13-6-14-22-41)43-39(48)50-26-33-31-19-11-9-17-29(31)30-18-10-12-20-32(30)33;1-25(2,3)34-22(30)17-19(23(31)33-4)16-21(29)20(15-18-11-7-5-8-12-18)28-24(32)26(27)13-9-6-10-14-26/h5,7-12,15-20,28,33-34H,6,13-14,21-26H2,1-4H3,(H,42,47)(H,43,48);5,7-8,11-12,19-20H,6,9-10,13-17,27H2,1-4H3,(H,28,32)/t28-,34-;19-,20-/m00/s1. The number of hydrogen-bond donors (Lipinski definition) is 4. The molecule has 3 aliphatic carbocycles. The topological polar surface area (TPSA) is 262 Å². The van der Waals surface area contributed by atoms with Gasteiger partial charge in [-0.05, 0) is 113 Å². The van der Waals surface area contributed by atoms with E-state index in [2.05, 4.69) is 28.1 Å². The Bertz CT molecular complexity index is 2910. The minimum Gasteiger partial charge on any atom is -0.469 e. The molecule has 2 saturated carbocycles. The van der Waals surface area contributed by atoms with Crippen molar-refractivity contribution in [1.29, 1.82) is 0 Å². The molecule has 0 bridgehead atoms. The first-order valence-corrected chi connectivity index (χ1v) is 29.6. The average molecular weight is 1170 g/mol. The van der Waals surface area contributed by atoms with Crippen molar-refractivity contribution in [3.8, 4) is 11.1 Å². The number of carbonyl (C=O) groups is 9. The Morgan fingerprint density at radius 3 is 1.32 bits per heavy atom. The van der Waals surface area contributed by atoms with Gasteiger partial charge in [0.15, 0.2) is 11.6 Å². The van der Waals surface area contributed by atoms with Gasteiger partial charge in [-0.1, -0.05) is 148 Å². The van der Waals surface area contributed by atoms with Crippen LogP contribution in [0.5, 0.6) is 0 Å². The molecular formula is C67H86N4O14. The number of Topliss-reactive ketones (excluding diaryl/α,β-unsaturated/α-hetero) is 2. The first-order chi connectivity index (χ1) is 40.3. The van der Waals surface area contributed by atoms with Crippen LogP contribution in [0, 0.1) is 11.8 Å². The van der Waals surface area contributed by atoms with E-state index in [1.165, 1.54) is 14.2 Å². The lowest BCUT2D eigenvalue weighted by atomic mass is 9.80. The molecule has 85 heavy (non-hydrogen) atoms.